The minimum absolute atomic E-state index is 0.0463. The molecule has 6 heteroatoms. The number of hydrogen-bond acceptors (Lipinski definition) is 5. The van der Waals surface area contributed by atoms with Gasteiger partial charge in [-0.15, -0.1) is 0 Å². The molecule has 0 aliphatic carbocycles. The Morgan fingerprint density at radius 2 is 2.40 bits per heavy atom. The van der Waals surface area contributed by atoms with Crippen molar-refractivity contribution in [3.8, 4) is 0 Å². The van der Waals surface area contributed by atoms with Gasteiger partial charge in [0.1, 0.15) is 0 Å². The zero-order valence-electron chi connectivity index (χ0n) is 11.6. The summed E-state index contributed by atoms with van der Waals surface area (Å²) >= 11 is 0. The molecule has 1 heterocycles. The summed E-state index contributed by atoms with van der Waals surface area (Å²) in [6, 6.07) is 4.87. The highest BCUT2D eigenvalue weighted by molar-refractivity contribution is 5.97. The van der Waals surface area contributed by atoms with Crippen LogP contribution in [0.15, 0.2) is 18.2 Å². The van der Waals surface area contributed by atoms with Gasteiger partial charge in [-0.25, -0.2) is 4.79 Å². The average Bonchev–Trinajstić information content (AvgIpc) is 2.45. The first-order valence-electron chi connectivity index (χ1n) is 6.81. The number of likely N-dealkylation sites (N-methyl/N-ethyl adjacent to an activating group) is 1. The van der Waals surface area contributed by atoms with Crippen molar-refractivity contribution in [2.45, 2.75) is 13.0 Å². The molecule has 1 unspecified atom stereocenters. The minimum Gasteiger partial charge on any atom is -0.478 e. The predicted octanol–water partition coefficient (Wildman–Crippen LogP) is 1.10. The van der Waals surface area contributed by atoms with Gasteiger partial charge in [0.15, 0.2) is 0 Å². The fourth-order valence-corrected chi connectivity index (χ4v) is 2.35. The lowest BCUT2D eigenvalue weighted by Gasteiger charge is -2.32. The van der Waals surface area contributed by atoms with E-state index in [2.05, 4.69) is 17.1 Å². The number of carbonyl (C=O) groups is 1. The fourth-order valence-electron chi connectivity index (χ4n) is 2.35. The van der Waals surface area contributed by atoms with Gasteiger partial charge < -0.3 is 20.9 Å². The summed E-state index contributed by atoms with van der Waals surface area (Å²) in [6.07, 6.45) is 0.0463. The minimum atomic E-state index is -0.987. The predicted molar refractivity (Wildman–Crippen MR) is 78.2 cm³/mol. The van der Waals surface area contributed by atoms with E-state index >= 15 is 0 Å². The molecule has 1 aromatic carbocycles. The second kappa shape index (κ2) is 6.58. The number of aromatic carboxylic acids is 1. The highest BCUT2D eigenvalue weighted by Gasteiger charge is 2.20. The molecule has 0 bridgehead atoms. The number of rotatable bonds is 5. The van der Waals surface area contributed by atoms with Crippen LogP contribution in [0, 0.1) is 0 Å². The molecule has 1 saturated heterocycles. The second-order valence-corrected chi connectivity index (χ2v) is 4.84. The first kappa shape index (κ1) is 14.6. The zero-order valence-corrected chi connectivity index (χ0v) is 11.6. The van der Waals surface area contributed by atoms with Gasteiger partial charge in [0.25, 0.3) is 0 Å². The second-order valence-electron chi connectivity index (χ2n) is 4.84. The molecule has 0 radical (unpaired) electrons. The largest absolute Gasteiger partial charge is 0.478 e. The molecule has 0 aromatic heterocycles. The van der Waals surface area contributed by atoms with Crippen molar-refractivity contribution in [2.75, 3.05) is 43.8 Å². The molecule has 4 N–H and O–H groups in total. The lowest BCUT2D eigenvalue weighted by molar-refractivity contribution is -0.0191. The van der Waals surface area contributed by atoms with E-state index in [9.17, 15) is 9.90 Å². The molecule has 20 heavy (non-hydrogen) atoms. The number of anilines is 2. The van der Waals surface area contributed by atoms with Crippen LogP contribution in [0.1, 0.15) is 17.3 Å². The van der Waals surface area contributed by atoms with Gasteiger partial charge in [-0.05, 0) is 18.7 Å². The Kier molecular flexibility index (Phi) is 4.81. The molecule has 6 nitrogen and oxygen atoms in total. The number of nitrogens with zero attached hydrogens (tertiary/aromatic N) is 1. The highest BCUT2D eigenvalue weighted by atomic mass is 16.5. The van der Waals surface area contributed by atoms with Crippen LogP contribution in [0.4, 0.5) is 11.4 Å². The van der Waals surface area contributed by atoms with Crippen LogP contribution in [-0.2, 0) is 4.74 Å². The molecule has 0 saturated carbocycles. The smallest absolute Gasteiger partial charge is 0.337 e. The van der Waals surface area contributed by atoms with Gasteiger partial charge in [-0.1, -0.05) is 13.0 Å². The van der Waals surface area contributed by atoms with Crippen molar-refractivity contribution in [3.63, 3.8) is 0 Å². The van der Waals surface area contributed by atoms with Gasteiger partial charge in [-0.3, -0.25) is 4.90 Å². The van der Waals surface area contributed by atoms with E-state index in [1.165, 1.54) is 0 Å². The Morgan fingerprint density at radius 3 is 3.10 bits per heavy atom. The summed E-state index contributed by atoms with van der Waals surface area (Å²) in [5.41, 5.74) is 6.95. The number of nitrogen functional groups attached to an aromatic ring is 1. The van der Waals surface area contributed by atoms with E-state index in [1.807, 2.05) is 0 Å². The van der Waals surface area contributed by atoms with Crippen molar-refractivity contribution in [1.29, 1.82) is 0 Å². The molecule has 2 rings (SSSR count). The number of benzene rings is 1. The summed E-state index contributed by atoms with van der Waals surface area (Å²) < 4.78 is 5.68. The van der Waals surface area contributed by atoms with E-state index in [1.54, 1.807) is 18.2 Å². The molecular weight excluding hydrogens is 258 g/mol. The summed E-state index contributed by atoms with van der Waals surface area (Å²) in [7, 11) is 0. The summed E-state index contributed by atoms with van der Waals surface area (Å²) in [5, 5.41) is 12.3. The van der Waals surface area contributed by atoms with Crippen LogP contribution in [0.3, 0.4) is 0 Å². The van der Waals surface area contributed by atoms with Crippen LogP contribution in [-0.4, -0.2) is 54.9 Å². The van der Waals surface area contributed by atoms with E-state index < -0.39 is 5.97 Å². The van der Waals surface area contributed by atoms with Gasteiger partial charge in [-0.2, -0.15) is 0 Å². The van der Waals surface area contributed by atoms with Gasteiger partial charge in [0, 0.05) is 19.6 Å². The Labute approximate surface area is 118 Å². The first-order valence-corrected chi connectivity index (χ1v) is 6.81. The highest BCUT2D eigenvalue weighted by Crippen LogP contribution is 2.23. The van der Waals surface area contributed by atoms with Crippen molar-refractivity contribution in [2.24, 2.45) is 0 Å². The van der Waals surface area contributed by atoms with Crippen molar-refractivity contribution in [3.05, 3.63) is 23.8 Å². The molecular formula is C14H21N3O3. The van der Waals surface area contributed by atoms with Gasteiger partial charge in [0.05, 0.1) is 29.6 Å². The Morgan fingerprint density at radius 1 is 1.60 bits per heavy atom. The van der Waals surface area contributed by atoms with Crippen LogP contribution in [0.25, 0.3) is 0 Å². The number of para-hydroxylation sites is 1. The molecule has 110 valence electrons. The quantitative estimate of drug-likeness (QED) is 0.700. The monoisotopic (exact) mass is 279 g/mol. The van der Waals surface area contributed by atoms with Crippen LogP contribution < -0.4 is 11.1 Å². The number of ether oxygens (including phenoxy) is 1. The maximum absolute atomic E-state index is 11.2. The van der Waals surface area contributed by atoms with E-state index in [0.717, 1.165) is 19.6 Å². The van der Waals surface area contributed by atoms with Gasteiger partial charge >= 0.3 is 5.97 Å². The number of nitrogens with two attached hydrogens (primary N) is 1. The summed E-state index contributed by atoms with van der Waals surface area (Å²) in [6.45, 7) is 6.15. The van der Waals surface area contributed by atoms with Crippen molar-refractivity contribution in [1.82, 2.24) is 4.90 Å². The third-order valence-corrected chi connectivity index (χ3v) is 3.50. The molecule has 1 aliphatic rings. The molecule has 0 amide bonds. The number of nitrogens with one attached hydrogen (secondary N) is 1. The molecule has 1 aliphatic heterocycles. The van der Waals surface area contributed by atoms with E-state index in [-0.39, 0.29) is 11.7 Å². The lowest BCUT2D eigenvalue weighted by Crippen LogP contribution is -2.45. The molecule has 1 aromatic rings. The van der Waals surface area contributed by atoms with Crippen molar-refractivity contribution >= 4 is 17.3 Å². The number of hydrogen-bond donors (Lipinski definition) is 3. The normalized spacial score (nSPS) is 19.8. The van der Waals surface area contributed by atoms with Crippen LogP contribution >= 0.6 is 0 Å². The number of carboxylic acids is 1. The average molecular weight is 279 g/mol. The van der Waals surface area contributed by atoms with Crippen LogP contribution in [0.2, 0.25) is 0 Å². The SMILES string of the molecule is CCN1CCOC(CNc2c(N)cccc2C(=O)O)C1. The first-order chi connectivity index (χ1) is 9.61. The van der Waals surface area contributed by atoms with Gasteiger partial charge in [0.2, 0.25) is 0 Å². The third-order valence-electron chi connectivity index (χ3n) is 3.50. The van der Waals surface area contributed by atoms with E-state index in [4.69, 9.17) is 10.5 Å². The molecule has 1 atom stereocenters. The van der Waals surface area contributed by atoms with E-state index in [0.29, 0.717) is 24.5 Å². The Hall–Kier alpha value is -1.79. The Bertz CT molecular complexity index is 479. The fraction of sp³-hybridized carbons (Fsp3) is 0.500. The molecule has 0 spiro atoms. The maximum Gasteiger partial charge on any atom is 0.337 e. The Balaban J connectivity index is 2.02. The topological polar surface area (TPSA) is 87.8 Å². The summed E-state index contributed by atoms with van der Waals surface area (Å²) in [5.74, 6) is -0.987. The lowest BCUT2D eigenvalue weighted by atomic mass is 10.1. The number of carboxylic acid groups (broad SMARTS) is 1. The summed E-state index contributed by atoms with van der Waals surface area (Å²) in [4.78, 5) is 13.5. The zero-order chi connectivity index (χ0) is 14.5. The number of morpholine rings is 1. The van der Waals surface area contributed by atoms with Crippen LogP contribution in [0.5, 0.6) is 0 Å². The molecule has 1 fully saturated rings. The standard InChI is InChI=1S/C14H21N3O3/c1-2-17-6-7-20-10(9-17)8-16-13-11(14(18)19)4-3-5-12(13)15/h3-5,10,16H,2,6-9,15H2,1H3,(H,18,19). The van der Waals surface area contributed by atoms with Crippen molar-refractivity contribution < 1.29 is 14.6 Å². The third kappa shape index (κ3) is 3.40. The maximum atomic E-state index is 11.2.